The zero-order valence-corrected chi connectivity index (χ0v) is 22.9. The zero-order chi connectivity index (χ0) is 26.2. The van der Waals surface area contributed by atoms with Gasteiger partial charge in [0.1, 0.15) is 8.80 Å². The minimum atomic E-state index is -1.83. The largest absolute Gasteiger partial charge is 0.311 e. The molecule has 4 heteroatoms. The highest BCUT2D eigenvalue weighted by molar-refractivity contribution is 7.02. The third-order valence-electron chi connectivity index (χ3n) is 8.53. The van der Waals surface area contributed by atoms with Gasteiger partial charge >= 0.3 is 0 Å². The summed E-state index contributed by atoms with van der Waals surface area (Å²) in [6.45, 7) is 0. The zero-order valence-electron chi connectivity index (χ0n) is 21.8. The first-order valence-electron chi connectivity index (χ1n) is 13.8. The lowest BCUT2D eigenvalue weighted by atomic mass is 10.1. The molecule has 6 aromatic carbocycles. The normalized spacial score (nSPS) is 14.2. The van der Waals surface area contributed by atoms with Gasteiger partial charge in [0.15, 0.2) is 0 Å². The van der Waals surface area contributed by atoms with Gasteiger partial charge in [0.05, 0.1) is 0 Å². The summed E-state index contributed by atoms with van der Waals surface area (Å²) in [5.74, 6) is 0. The fraction of sp³-hybridized carbons (Fsp3) is 0. The number of para-hydroxylation sites is 3. The van der Waals surface area contributed by atoms with E-state index in [1.165, 1.54) is 66.7 Å². The molecule has 0 bridgehead atoms. The van der Waals surface area contributed by atoms with Gasteiger partial charge in [0.2, 0.25) is 0 Å². The molecule has 9 rings (SSSR count). The first-order valence-corrected chi connectivity index (χ1v) is 15.6. The first kappa shape index (κ1) is 21.8. The van der Waals surface area contributed by atoms with Crippen molar-refractivity contribution >= 4 is 75.5 Å². The predicted octanol–water partition coefficient (Wildman–Crippen LogP) is 7.28. The summed E-state index contributed by atoms with van der Waals surface area (Å²) in [4.78, 5) is 7.48. The molecule has 3 heterocycles. The van der Waals surface area contributed by atoms with E-state index in [9.17, 15) is 0 Å². The van der Waals surface area contributed by atoms with Crippen molar-refractivity contribution < 1.29 is 0 Å². The number of hydrogen-bond acceptors (Lipinski definition) is 3. The van der Waals surface area contributed by atoms with E-state index in [-0.39, 0.29) is 0 Å². The summed E-state index contributed by atoms with van der Waals surface area (Å²) in [5.41, 5.74) is 11.4. The van der Waals surface area contributed by atoms with Gasteiger partial charge in [-0.1, -0.05) is 72.8 Å². The fourth-order valence-corrected chi connectivity index (χ4v) is 11.1. The van der Waals surface area contributed by atoms with Crippen LogP contribution in [0.5, 0.6) is 0 Å². The van der Waals surface area contributed by atoms with Crippen molar-refractivity contribution in [2.45, 2.75) is 0 Å². The van der Waals surface area contributed by atoms with Crippen LogP contribution in [0.2, 0.25) is 0 Å². The highest BCUT2D eigenvalue weighted by Crippen LogP contribution is 2.49. The topological polar surface area (TPSA) is 9.72 Å². The Morgan fingerprint density at radius 1 is 0.275 bits per heavy atom. The van der Waals surface area contributed by atoms with Gasteiger partial charge in [0.25, 0.3) is 0 Å². The van der Waals surface area contributed by atoms with Gasteiger partial charge in [0, 0.05) is 51.2 Å². The lowest BCUT2D eigenvalue weighted by Gasteiger charge is -2.49. The molecule has 188 valence electrons. The minimum absolute atomic E-state index is 1.19. The summed E-state index contributed by atoms with van der Waals surface area (Å²) < 4.78 is 0. The van der Waals surface area contributed by atoms with Crippen molar-refractivity contribution in [3.05, 3.63) is 146 Å². The van der Waals surface area contributed by atoms with Gasteiger partial charge in [-0.25, -0.2) is 0 Å². The summed E-state index contributed by atoms with van der Waals surface area (Å²) in [6.07, 6.45) is 0. The Balaban J connectivity index is 1.44. The number of benzene rings is 6. The van der Waals surface area contributed by atoms with Gasteiger partial charge in [-0.15, -0.1) is 0 Å². The van der Waals surface area contributed by atoms with Crippen LogP contribution in [0.25, 0.3) is 0 Å². The molecule has 0 saturated carbocycles. The third kappa shape index (κ3) is 2.83. The van der Waals surface area contributed by atoms with Crippen LogP contribution in [0.4, 0.5) is 51.2 Å². The highest BCUT2D eigenvalue weighted by Gasteiger charge is 2.47. The smallest absolute Gasteiger partial charge is 0.149 e. The molecule has 0 radical (unpaired) electrons. The van der Waals surface area contributed by atoms with Gasteiger partial charge in [-0.2, -0.15) is 0 Å². The van der Waals surface area contributed by atoms with Crippen LogP contribution >= 0.6 is 0 Å². The van der Waals surface area contributed by atoms with E-state index in [2.05, 4.69) is 160 Å². The van der Waals surface area contributed by atoms with Crippen LogP contribution in [0.1, 0.15) is 0 Å². The molecule has 6 aromatic rings. The van der Waals surface area contributed by atoms with E-state index in [1.54, 1.807) is 0 Å². The van der Waals surface area contributed by atoms with Crippen LogP contribution in [0, 0.1) is 0 Å². The second-order valence-corrected chi connectivity index (χ2v) is 13.2. The predicted molar refractivity (Wildman–Crippen MR) is 170 cm³/mol. The van der Waals surface area contributed by atoms with E-state index >= 15 is 0 Å². The Morgan fingerprint density at radius 2 is 0.525 bits per heavy atom. The molecule has 3 aliphatic rings. The molecule has 0 fully saturated rings. The Bertz CT molecular complexity index is 1630. The summed E-state index contributed by atoms with van der Waals surface area (Å²) >= 11 is 0. The molecule has 0 saturated heterocycles. The molecular formula is C36H25N3Si. The molecule has 3 aliphatic heterocycles. The standard InChI is InChI=1S/C36H25N3Si/c1-4-13-25(14-5-1)37-28-19-10-21-30-34(28)40-35-29(37)20-11-22-31(35)39(27-17-8-3-9-18-27)33-24-12-23-32(36(33)40)38(30)26-15-6-2-7-16-26/h1-24,40H. The summed E-state index contributed by atoms with van der Waals surface area (Å²) in [7, 11) is -1.83. The van der Waals surface area contributed by atoms with Crippen molar-refractivity contribution in [3.8, 4) is 0 Å². The molecule has 0 amide bonds. The Kier molecular flexibility index (Phi) is 4.48. The van der Waals surface area contributed by atoms with Gasteiger partial charge < -0.3 is 14.7 Å². The molecule has 3 nitrogen and oxygen atoms in total. The second kappa shape index (κ2) is 8.22. The SMILES string of the molecule is c1ccc(N2c3cccc4c3[SiH]3c5c2cccc5N(c2ccccc2)c2cccc(c23)N4c2ccccc2)cc1. The molecule has 0 spiro atoms. The average Bonchev–Trinajstić information content (AvgIpc) is 3.03. The fourth-order valence-electron chi connectivity index (χ4n) is 7.07. The maximum absolute atomic E-state index is 2.49. The summed E-state index contributed by atoms with van der Waals surface area (Å²) in [5, 5.41) is 4.51. The van der Waals surface area contributed by atoms with E-state index in [0.29, 0.717) is 0 Å². The van der Waals surface area contributed by atoms with E-state index in [1.807, 2.05) is 0 Å². The molecule has 0 N–H and O–H groups in total. The Hall–Kier alpha value is -5.06. The monoisotopic (exact) mass is 527 g/mol. The minimum Gasteiger partial charge on any atom is -0.311 e. The van der Waals surface area contributed by atoms with Crippen LogP contribution in [0.3, 0.4) is 0 Å². The van der Waals surface area contributed by atoms with Crippen molar-refractivity contribution in [2.24, 2.45) is 0 Å². The number of nitrogens with zero attached hydrogens (tertiary/aromatic N) is 3. The molecule has 0 aliphatic carbocycles. The number of anilines is 9. The van der Waals surface area contributed by atoms with Crippen LogP contribution < -0.4 is 30.3 Å². The highest BCUT2D eigenvalue weighted by atomic mass is 28.3. The lowest BCUT2D eigenvalue weighted by Crippen LogP contribution is -2.64. The van der Waals surface area contributed by atoms with Crippen LogP contribution in [0.15, 0.2) is 146 Å². The van der Waals surface area contributed by atoms with Crippen molar-refractivity contribution in [2.75, 3.05) is 14.7 Å². The maximum atomic E-state index is 2.49. The molecular weight excluding hydrogens is 503 g/mol. The third-order valence-corrected chi connectivity index (χ3v) is 12.0. The molecule has 40 heavy (non-hydrogen) atoms. The first-order chi connectivity index (χ1) is 19.9. The molecule has 0 unspecified atom stereocenters. The van der Waals surface area contributed by atoms with Crippen molar-refractivity contribution in [1.29, 1.82) is 0 Å². The van der Waals surface area contributed by atoms with Crippen LogP contribution in [-0.2, 0) is 0 Å². The van der Waals surface area contributed by atoms with Gasteiger partial charge in [-0.3, -0.25) is 0 Å². The van der Waals surface area contributed by atoms with Crippen molar-refractivity contribution in [1.82, 2.24) is 0 Å². The maximum Gasteiger partial charge on any atom is 0.149 e. The number of hydrogen-bond donors (Lipinski definition) is 0. The Morgan fingerprint density at radius 3 is 0.775 bits per heavy atom. The summed E-state index contributed by atoms with van der Waals surface area (Å²) in [6, 6.07) is 53.2. The average molecular weight is 528 g/mol. The quantitative estimate of drug-likeness (QED) is 0.224. The van der Waals surface area contributed by atoms with E-state index in [0.717, 1.165) is 0 Å². The number of rotatable bonds is 3. The molecule has 0 atom stereocenters. The van der Waals surface area contributed by atoms with Crippen LogP contribution in [-0.4, -0.2) is 8.80 Å². The lowest BCUT2D eigenvalue weighted by molar-refractivity contribution is 1.22. The van der Waals surface area contributed by atoms with E-state index < -0.39 is 8.80 Å². The molecule has 0 aromatic heterocycles. The Labute approximate surface area is 235 Å². The van der Waals surface area contributed by atoms with E-state index in [4.69, 9.17) is 0 Å². The van der Waals surface area contributed by atoms with Crippen molar-refractivity contribution in [3.63, 3.8) is 0 Å². The van der Waals surface area contributed by atoms with Gasteiger partial charge in [-0.05, 0) is 88.4 Å². The second-order valence-electron chi connectivity index (χ2n) is 10.6.